The largest absolute Gasteiger partial charge is 0.489 e. The first-order valence-corrected chi connectivity index (χ1v) is 9.98. The van der Waals surface area contributed by atoms with E-state index in [1.807, 2.05) is 49.6 Å². The molecule has 30 heavy (non-hydrogen) atoms. The van der Waals surface area contributed by atoms with Crippen LogP contribution in [0.25, 0.3) is 33.5 Å². The number of nitriles is 1. The normalized spacial score (nSPS) is 14.7. The van der Waals surface area contributed by atoms with E-state index in [0.717, 1.165) is 46.4 Å². The van der Waals surface area contributed by atoms with Gasteiger partial charge in [-0.1, -0.05) is 18.2 Å². The molecule has 2 aromatic carbocycles. The highest BCUT2D eigenvalue weighted by Gasteiger charge is 2.18. The van der Waals surface area contributed by atoms with Gasteiger partial charge in [0.15, 0.2) is 0 Å². The van der Waals surface area contributed by atoms with Crippen LogP contribution in [0.2, 0.25) is 0 Å². The third-order valence-electron chi connectivity index (χ3n) is 5.36. The van der Waals surface area contributed by atoms with E-state index < -0.39 is 0 Å². The van der Waals surface area contributed by atoms with Gasteiger partial charge in [-0.25, -0.2) is 4.98 Å². The summed E-state index contributed by atoms with van der Waals surface area (Å²) in [4.78, 5) is 8.17. The fraction of sp³-hybridized carbons (Fsp3) is 0.261. The Balaban J connectivity index is 1.51. The quantitative estimate of drug-likeness (QED) is 0.559. The predicted octanol–water partition coefficient (Wildman–Crippen LogP) is 4.06. The minimum atomic E-state index is 0.0912. The first-order valence-electron chi connectivity index (χ1n) is 9.98. The maximum Gasteiger partial charge on any atom is 0.141 e. The number of nitrogens with zero attached hydrogens (tertiary/aromatic N) is 4. The summed E-state index contributed by atoms with van der Waals surface area (Å²) < 4.78 is 13.2. The molecule has 5 rings (SSSR count). The lowest BCUT2D eigenvalue weighted by Crippen LogP contribution is -2.26. The maximum absolute atomic E-state index is 9.70. The second-order valence-electron chi connectivity index (χ2n) is 7.44. The molecule has 0 unspecified atom stereocenters. The molecule has 4 aromatic rings. The third-order valence-corrected chi connectivity index (χ3v) is 5.36. The molecule has 1 aliphatic heterocycles. The van der Waals surface area contributed by atoms with Crippen molar-refractivity contribution in [2.24, 2.45) is 7.05 Å². The highest BCUT2D eigenvalue weighted by Crippen LogP contribution is 2.33. The summed E-state index contributed by atoms with van der Waals surface area (Å²) >= 11 is 0. The summed E-state index contributed by atoms with van der Waals surface area (Å²) in [6.45, 7) is 1.40. The smallest absolute Gasteiger partial charge is 0.141 e. The zero-order valence-corrected chi connectivity index (χ0v) is 16.6. The van der Waals surface area contributed by atoms with Crippen LogP contribution in [-0.2, 0) is 11.8 Å². The Morgan fingerprint density at radius 3 is 2.83 bits per heavy atom. The van der Waals surface area contributed by atoms with Crippen LogP contribution in [0.1, 0.15) is 18.4 Å². The number of hydrogen-bond donors (Lipinski definition) is 1. The zero-order chi connectivity index (χ0) is 20.5. The molecule has 0 radical (unpaired) electrons. The molecule has 1 aliphatic rings. The minimum Gasteiger partial charge on any atom is -0.489 e. The van der Waals surface area contributed by atoms with E-state index in [1.54, 1.807) is 10.9 Å². The molecule has 1 fully saturated rings. The molecular formula is C23H21N5O2. The van der Waals surface area contributed by atoms with Crippen LogP contribution in [0.4, 0.5) is 0 Å². The number of aromatic amines is 1. The van der Waals surface area contributed by atoms with Crippen molar-refractivity contribution < 1.29 is 9.47 Å². The van der Waals surface area contributed by atoms with Crippen LogP contribution in [0, 0.1) is 11.3 Å². The summed E-state index contributed by atoms with van der Waals surface area (Å²) in [6.07, 6.45) is 5.49. The van der Waals surface area contributed by atoms with E-state index in [-0.39, 0.29) is 6.10 Å². The van der Waals surface area contributed by atoms with Crippen LogP contribution < -0.4 is 4.74 Å². The van der Waals surface area contributed by atoms with Gasteiger partial charge in [0.2, 0.25) is 0 Å². The summed E-state index contributed by atoms with van der Waals surface area (Å²) in [6, 6.07) is 14.0. The van der Waals surface area contributed by atoms with E-state index in [1.165, 1.54) is 0 Å². The Kier molecular flexibility index (Phi) is 4.69. The zero-order valence-electron chi connectivity index (χ0n) is 16.6. The fourth-order valence-electron chi connectivity index (χ4n) is 3.81. The first kappa shape index (κ1) is 18.4. The molecule has 3 heterocycles. The van der Waals surface area contributed by atoms with Gasteiger partial charge in [0, 0.05) is 31.6 Å². The standard InChI is InChI=1S/C23H21N5O2/c1-28-14-17(13-25-28)23-26-20-4-2-3-19(22(20)27-23)15-5-6-21(16(11-15)12-24)30-18-7-9-29-10-8-18/h2-6,11,13-14,18H,7-10H2,1H3,(H,26,27). The van der Waals surface area contributed by atoms with Gasteiger partial charge >= 0.3 is 0 Å². The van der Waals surface area contributed by atoms with Gasteiger partial charge in [0.1, 0.15) is 23.7 Å². The molecular weight excluding hydrogens is 378 g/mol. The Labute approximate surface area is 173 Å². The van der Waals surface area contributed by atoms with Gasteiger partial charge in [-0.05, 0) is 23.8 Å². The molecule has 0 atom stereocenters. The Morgan fingerprint density at radius 1 is 1.20 bits per heavy atom. The first-order chi connectivity index (χ1) is 14.7. The number of aromatic nitrogens is 4. The van der Waals surface area contributed by atoms with E-state index in [9.17, 15) is 5.26 Å². The van der Waals surface area contributed by atoms with Crippen molar-refractivity contribution in [3.63, 3.8) is 0 Å². The highest BCUT2D eigenvalue weighted by atomic mass is 16.5. The molecule has 0 aliphatic carbocycles. The van der Waals surface area contributed by atoms with E-state index in [2.05, 4.69) is 16.2 Å². The number of para-hydroxylation sites is 1. The number of ether oxygens (including phenoxy) is 2. The number of fused-ring (bicyclic) bond motifs is 1. The number of imidazole rings is 1. The molecule has 0 bridgehead atoms. The Bertz CT molecular complexity index is 1240. The second-order valence-corrected chi connectivity index (χ2v) is 7.44. The van der Waals surface area contributed by atoms with Crippen molar-refractivity contribution in [2.45, 2.75) is 18.9 Å². The van der Waals surface area contributed by atoms with Crippen LogP contribution in [0.3, 0.4) is 0 Å². The van der Waals surface area contributed by atoms with Crippen molar-refractivity contribution in [3.8, 4) is 34.3 Å². The average molecular weight is 399 g/mol. The van der Waals surface area contributed by atoms with Crippen LogP contribution in [0.5, 0.6) is 5.75 Å². The highest BCUT2D eigenvalue weighted by molar-refractivity contribution is 5.94. The molecule has 150 valence electrons. The lowest BCUT2D eigenvalue weighted by Gasteiger charge is -2.23. The second kappa shape index (κ2) is 7.65. The number of aryl methyl sites for hydroxylation is 1. The lowest BCUT2D eigenvalue weighted by atomic mass is 10.0. The molecule has 7 nitrogen and oxygen atoms in total. The third kappa shape index (κ3) is 3.42. The van der Waals surface area contributed by atoms with Gasteiger partial charge in [0.05, 0.1) is 41.6 Å². The van der Waals surface area contributed by atoms with Gasteiger partial charge in [-0.3, -0.25) is 4.68 Å². The Hall–Kier alpha value is -3.63. The number of rotatable bonds is 4. The SMILES string of the molecule is Cn1cc(-c2nc3c(-c4ccc(OC5CCOCC5)c(C#N)c4)cccc3[nH]2)cn1. The van der Waals surface area contributed by atoms with Crippen molar-refractivity contribution in [2.75, 3.05) is 13.2 Å². The van der Waals surface area contributed by atoms with Crippen molar-refractivity contribution in [1.82, 2.24) is 19.7 Å². The number of benzene rings is 2. The van der Waals surface area contributed by atoms with Gasteiger partial charge < -0.3 is 14.5 Å². The van der Waals surface area contributed by atoms with E-state index in [0.29, 0.717) is 24.5 Å². The summed E-state index contributed by atoms with van der Waals surface area (Å²) in [5.74, 6) is 1.39. The van der Waals surface area contributed by atoms with E-state index >= 15 is 0 Å². The minimum absolute atomic E-state index is 0.0912. The van der Waals surface area contributed by atoms with Crippen molar-refractivity contribution in [1.29, 1.82) is 5.26 Å². The molecule has 0 saturated carbocycles. The molecule has 0 spiro atoms. The van der Waals surface area contributed by atoms with Crippen LogP contribution >= 0.6 is 0 Å². The van der Waals surface area contributed by atoms with Crippen LogP contribution in [-0.4, -0.2) is 39.1 Å². The Morgan fingerprint density at radius 2 is 2.07 bits per heavy atom. The number of hydrogen-bond acceptors (Lipinski definition) is 5. The molecule has 1 N–H and O–H groups in total. The number of H-pyrrole nitrogens is 1. The topological polar surface area (TPSA) is 88.8 Å². The van der Waals surface area contributed by atoms with Gasteiger partial charge in [-0.15, -0.1) is 0 Å². The lowest BCUT2D eigenvalue weighted by molar-refractivity contribution is 0.0254. The molecule has 2 aromatic heterocycles. The maximum atomic E-state index is 9.70. The summed E-state index contributed by atoms with van der Waals surface area (Å²) in [5.41, 5.74) is 5.15. The van der Waals surface area contributed by atoms with Gasteiger partial charge in [0.25, 0.3) is 0 Å². The fourth-order valence-corrected chi connectivity index (χ4v) is 3.81. The summed E-state index contributed by atoms with van der Waals surface area (Å²) in [5, 5.41) is 13.9. The summed E-state index contributed by atoms with van der Waals surface area (Å²) in [7, 11) is 1.88. The van der Waals surface area contributed by atoms with Crippen LogP contribution in [0.15, 0.2) is 48.8 Å². The predicted molar refractivity (Wildman–Crippen MR) is 113 cm³/mol. The monoisotopic (exact) mass is 399 g/mol. The van der Waals surface area contributed by atoms with Crippen molar-refractivity contribution in [3.05, 3.63) is 54.4 Å². The van der Waals surface area contributed by atoms with Crippen molar-refractivity contribution >= 4 is 11.0 Å². The number of nitrogens with one attached hydrogen (secondary N) is 1. The average Bonchev–Trinajstić information content (AvgIpc) is 3.40. The van der Waals surface area contributed by atoms with E-state index in [4.69, 9.17) is 14.5 Å². The molecule has 0 amide bonds. The van der Waals surface area contributed by atoms with Gasteiger partial charge in [-0.2, -0.15) is 10.4 Å². The molecule has 1 saturated heterocycles. The molecule has 7 heteroatoms.